The SMILES string of the molecule is C[C@H](Cn1cccn1)NC(=O)N1CCO[C@H](c2ccc(F)cc2)C1. The molecule has 7 heteroatoms. The van der Waals surface area contributed by atoms with E-state index in [2.05, 4.69) is 10.4 Å². The van der Waals surface area contributed by atoms with E-state index in [4.69, 9.17) is 4.74 Å². The van der Waals surface area contributed by atoms with Crippen molar-refractivity contribution in [2.45, 2.75) is 25.6 Å². The van der Waals surface area contributed by atoms with Gasteiger partial charge in [0.25, 0.3) is 0 Å². The number of carbonyl (C=O) groups is 1. The molecule has 0 radical (unpaired) electrons. The van der Waals surface area contributed by atoms with Crippen LogP contribution in [0.4, 0.5) is 9.18 Å². The maximum absolute atomic E-state index is 13.0. The molecule has 2 atom stereocenters. The fourth-order valence-electron chi connectivity index (χ4n) is 2.75. The summed E-state index contributed by atoms with van der Waals surface area (Å²) in [7, 11) is 0. The molecular weight excluding hydrogens is 311 g/mol. The zero-order valence-corrected chi connectivity index (χ0v) is 13.6. The number of benzene rings is 1. The molecule has 1 aromatic carbocycles. The lowest BCUT2D eigenvalue weighted by atomic mass is 10.1. The third-order valence-corrected chi connectivity index (χ3v) is 3.99. The Morgan fingerprint density at radius 1 is 1.46 bits per heavy atom. The van der Waals surface area contributed by atoms with Gasteiger partial charge in [0.05, 0.1) is 19.7 Å². The first-order chi connectivity index (χ1) is 11.6. The molecule has 1 fully saturated rings. The topological polar surface area (TPSA) is 59.4 Å². The maximum atomic E-state index is 13.0. The molecule has 1 N–H and O–H groups in total. The lowest BCUT2D eigenvalue weighted by Crippen LogP contribution is -2.50. The quantitative estimate of drug-likeness (QED) is 0.934. The van der Waals surface area contributed by atoms with Crippen LogP contribution >= 0.6 is 0 Å². The normalized spacial score (nSPS) is 19.1. The van der Waals surface area contributed by atoms with E-state index in [0.29, 0.717) is 26.2 Å². The molecule has 3 rings (SSSR count). The highest BCUT2D eigenvalue weighted by atomic mass is 19.1. The van der Waals surface area contributed by atoms with Gasteiger partial charge in [0.2, 0.25) is 0 Å². The van der Waals surface area contributed by atoms with Crippen LogP contribution in [0.2, 0.25) is 0 Å². The van der Waals surface area contributed by atoms with Crippen molar-refractivity contribution in [3.05, 3.63) is 54.1 Å². The summed E-state index contributed by atoms with van der Waals surface area (Å²) in [4.78, 5) is 14.2. The second kappa shape index (κ2) is 7.44. The summed E-state index contributed by atoms with van der Waals surface area (Å²) in [6.45, 7) is 4.01. The third kappa shape index (κ3) is 4.11. The van der Waals surface area contributed by atoms with Crippen LogP contribution in [0.1, 0.15) is 18.6 Å². The Hall–Kier alpha value is -2.41. The van der Waals surface area contributed by atoms with Crippen LogP contribution < -0.4 is 5.32 Å². The van der Waals surface area contributed by atoms with Gasteiger partial charge in [-0.25, -0.2) is 9.18 Å². The molecule has 1 aliphatic rings. The van der Waals surface area contributed by atoms with Crippen LogP contribution in [0.15, 0.2) is 42.7 Å². The summed E-state index contributed by atoms with van der Waals surface area (Å²) < 4.78 is 20.5. The molecular formula is C17H21FN4O2. The van der Waals surface area contributed by atoms with Gasteiger partial charge in [0.15, 0.2) is 0 Å². The number of amides is 2. The molecule has 0 bridgehead atoms. The summed E-state index contributed by atoms with van der Waals surface area (Å²) >= 11 is 0. The molecule has 1 saturated heterocycles. The highest BCUT2D eigenvalue weighted by molar-refractivity contribution is 5.74. The Morgan fingerprint density at radius 3 is 2.96 bits per heavy atom. The lowest BCUT2D eigenvalue weighted by molar-refractivity contribution is -0.0158. The van der Waals surface area contributed by atoms with Crippen molar-refractivity contribution >= 4 is 6.03 Å². The minimum Gasteiger partial charge on any atom is -0.370 e. The van der Waals surface area contributed by atoms with Gasteiger partial charge in [-0.2, -0.15) is 5.10 Å². The van der Waals surface area contributed by atoms with Crippen molar-refractivity contribution in [1.82, 2.24) is 20.0 Å². The Bertz CT molecular complexity index is 660. The van der Waals surface area contributed by atoms with E-state index in [1.54, 1.807) is 27.9 Å². The number of ether oxygens (including phenoxy) is 1. The number of carbonyl (C=O) groups excluding carboxylic acids is 1. The van der Waals surface area contributed by atoms with Crippen LogP contribution in [0, 0.1) is 5.82 Å². The third-order valence-electron chi connectivity index (χ3n) is 3.99. The molecule has 0 unspecified atom stereocenters. The molecule has 1 aliphatic heterocycles. The Kier molecular flexibility index (Phi) is 5.10. The standard InChI is InChI=1S/C17H21FN4O2/c1-13(11-22-8-2-7-19-22)20-17(23)21-9-10-24-16(12-21)14-3-5-15(18)6-4-14/h2-8,13,16H,9-12H2,1H3,(H,20,23)/t13-,16+/m1/s1. The number of nitrogens with zero attached hydrogens (tertiary/aromatic N) is 3. The average molecular weight is 332 g/mol. The molecule has 0 aliphatic carbocycles. The molecule has 1 aromatic heterocycles. The van der Waals surface area contributed by atoms with E-state index in [1.807, 2.05) is 19.2 Å². The van der Waals surface area contributed by atoms with Crippen molar-refractivity contribution in [1.29, 1.82) is 0 Å². The van der Waals surface area contributed by atoms with Gasteiger partial charge in [-0.15, -0.1) is 0 Å². The van der Waals surface area contributed by atoms with Gasteiger partial charge in [0, 0.05) is 25.0 Å². The number of urea groups is 1. The first kappa shape index (κ1) is 16.4. The fourth-order valence-corrected chi connectivity index (χ4v) is 2.75. The zero-order chi connectivity index (χ0) is 16.9. The van der Waals surface area contributed by atoms with Crippen molar-refractivity contribution in [2.75, 3.05) is 19.7 Å². The van der Waals surface area contributed by atoms with Crippen LogP contribution in [-0.4, -0.2) is 46.4 Å². The molecule has 2 aromatic rings. The predicted molar refractivity (Wildman–Crippen MR) is 86.9 cm³/mol. The van der Waals surface area contributed by atoms with E-state index in [0.717, 1.165) is 5.56 Å². The van der Waals surface area contributed by atoms with E-state index >= 15 is 0 Å². The predicted octanol–water partition coefficient (Wildman–Crippen LogP) is 2.19. The first-order valence-electron chi connectivity index (χ1n) is 8.02. The minimum atomic E-state index is -0.281. The van der Waals surface area contributed by atoms with E-state index < -0.39 is 0 Å². The molecule has 24 heavy (non-hydrogen) atoms. The van der Waals surface area contributed by atoms with Gasteiger partial charge in [-0.05, 0) is 30.7 Å². The Morgan fingerprint density at radius 2 is 2.25 bits per heavy atom. The minimum absolute atomic E-state index is 0.0375. The molecule has 0 saturated carbocycles. The largest absolute Gasteiger partial charge is 0.370 e. The van der Waals surface area contributed by atoms with Crippen LogP contribution in [0.25, 0.3) is 0 Å². The van der Waals surface area contributed by atoms with Gasteiger partial charge >= 0.3 is 6.03 Å². The first-order valence-corrected chi connectivity index (χ1v) is 8.02. The lowest BCUT2D eigenvalue weighted by Gasteiger charge is -2.34. The van der Waals surface area contributed by atoms with Crippen LogP contribution in [0.5, 0.6) is 0 Å². The van der Waals surface area contributed by atoms with Crippen LogP contribution in [-0.2, 0) is 11.3 Å². The van der Waals surface area contributed by atoms with Crippen molar-refractivity contribution in [2.24, 2.45) is 0 Å². The molecule has 128 valence electrons. The smallest absolute Gasteiger partial charge is 0.317 e. The number of nitrogens with one attached hydrogen (secondary N) is 1. The summed E-state index contributed by atoms with van der Waals surface area (Å²) in [5.74, 6) is -0.281. The highest BCUT2D eigenvalue weighted by Crippen LogP contribution is 2.22. The summed E-state index contributed by atoms with van der Waals surface area (Å²) in [5, 5.41) is 7.12. The molecule has 0 spiro atoms. The number of hydrogen-bond acceptors (Lipinski definition) is 3. The summed E-state index contributed by atoms with van der Waals surface area (Å²) in [6, 6.07) is 7.90. The summed E-state index contributed by atoms with van der Waals surface area (Å²) in [6.07, 6.45) is 3.35. The zero-order valence-electron chi connectivity index (χ0n) is 13.6. The number of halogens is 1. The Balaban J connectivity index is 1.55. The van der Waals surface area contributed by atoms with Gasteiger partial charge in [-0.1, -0.05) is 12.1 Å². The van der Waals surface area contributed by atoms with Crippen molar-refractivity contribution in [3.63, 3.8) is 0 Å². The van der Waals surface area contributed by atoms with E-state index in [1.165, 1.54) is 12.1 Å². The van der Waals surface area contributed by atoms with E-state index in [-0.39, 0.29) is 24.0 Å². The van der Waals surface area contributed by atoms with Gasteiger partial charge in [0.1, 0.15) is 11.9 Å². The van der Waals surface area contributed by atoms with Crippen molar-refractivity contribution < 1.29 is 13.9 Å². The average Bonchev–Trinajstić information content (AvgIpc) is 3.08. The number of morpholine rings is 1. The maximum Gasteiger partial charge on any atom is 0.317 e. The van der Waals surface area contributed by atoms with Crippen LogP contribution in [0.3, 0.4) is 0 Å². The second-order valence-corrected chi connectivity index (χ2v) is 5.94. The number of rotatable bonds is 4. The Labute approximate surface area is 140 Å². The number of hydrogen-bond donors (Lipinski definition) is 1. The van der Waals surface area contributed by atoms with Crippen molar-refractivity contribution in [3.8, 4) is 0 Å². The molecule has 2 amide bonds. The molecule has 2 heterocycles. The van der Waals surface area contributed by atoms with Gasteiger partial charge in [-0.3, -0.25) is 4.68 Å². The summed E-state index contributed by atoms with van der Waals surface area (Å²) in [5.41, 5.74) is 0.874. The molecule has 6 nitrogen and oxygen atoms in total. The second-order valence-electron chi connectivity index (χ2n) is 5.94. The van der Waals surface area contributed by atoms with Gasteiger partial charge < -0.3 is 15.0 Å². The fraction of sp³-hybridized carbons (Fsp3) is 0.412. The highest BCUT2D eigenvalue weighted by Gasteiger charge is 2.26. The monoisotopic (exact) mass is 332 g/mol. The number of aromatic nitrogens is 2. The van der Waals surface area contributed by atoms with E-state index in [9.17, 15) is 9.18 Å².